The minimum atomic E-state index is -4.49. The summed E-state index contributed by atoms with van der Waals surface area (Å²) in [5.74, 6) is -0.0425. The van der Waals surface area contributed by atoms with E-state index in [1.165, 1.54) is 18.2 Å². The van der Waals surface area contributed by atoms with Crippen molar-refractivity contribution in [3.8, 4) is 5.75 Å². The zero-order chi connectivity index (χ0) is 18.3. The van der Waals surface area contributed by atoms with Crippen LogP contribution in [0.4, 0.5) is 13.2 Å². The molecular weight excluding hydrogens is 333 g/mol. The molecule has 0 atom stereocenters. The molecule has 7 heteroatoms. The molecule has 1 amide bonds. The number of ether oxygens (including phenoxy) is 1. The number of carbonyl (C=O) groups is 1. The Balaban J connectivity index is 1.88. The predicted octanol–water partition coefficient (Wildman–Crippen LogP) is 3.80. The molecule has 0 unspecified atom stereocenters. The first-order valence-electron chi connectivity index (χ1n) is 7.60. The molecular formula is C18H17F3N2O2. The molecule has 0 heterocycles. The number of alkyl halides is 3. The molecule has 0 radical (unpaired) electrons. The fourth-order valence-electron chi connectivity index (χ4n) is 2.04. The first kappa shape index (κ1) is 18.5. The van der Waals surface area contributed by atoms with E-state index in [0.717, 1.165) is 24.3 Å². The van der Waals surface area contributed by atoms with Gasteiger partial charge in [-0.15, -0.1) is 0 Å². The molecule has 0 aliphatic carbocycles. The Bertz CT molecular complexity index is 741. The third-order valence-corrected chi connectivity index (χ3v) is 3.36. The Hall–Kier alpha value is -2.83. The summed E-state index contributed by atoms with van der Waals surface area (Å²) in [5, 5.41) is 3.55. The summed E-state index contributed by atoms with van der Waals surface area (Å²) in [6.07, 6.45) is -2.63. The molecule has 132 valence electrons. The average Bonchev–Trinajstić information content (AvgIpc) is 2.60. The van der Waals surface area contributed by atoms with Crippen LogP contribution in [0.5, 0.6) is 5.75 Å². The Morgan fingerprint density at radius 1 is 1.16 bits per heavy atom. The first-order chi connectivity index (χ1) is 11.9. The van der Waals surface area contributed by atoms with E-state index >= 15 is 0 Å². The molecule has 0 aromatic heterocycles. The third kappa shape index (κ3) is 5.63. The van der Waals surface area contributed by atoms with E-state index in [0.29, 0.717) is 5.75 Å². The highest BCUT2D eigenvalue weighted by Gasteiger charge is 2.32. The lowest BCUT2D eigenvalue weighted by Gasteiger charge is -2.09. The van der Waals surface area contributed by atoms with Gasteiger partial charge in [0.05, 0.1) is 11.8 Å². The Morgan fingerprint density at radius 2 is 1.84 bits per heavy atom. The molecule has 0 bridgehead atoms. The fraction of sp³-hybridized carbons (Fsp3) is 0.222. The molecule has 0 fully saturated rings. The summed E-state index contributed by atoms with van der Waals surface area (Å²) in [5.41, 5.74) is 2.33. The minimum Gasteiger partial charge on any atom is -0.484 e. The van der Waals surface area contributed by atoms with E-state index in [9.17, 15) is 18.0 Å². The van der Waals surface area contributed by atoms with E-state index in [2.05, 4.69) is 10.5 Å². The number of halogens is 3. The summed E-state index contributed by atoms with van der Waals surface area (Å²) in [4.78, 5) is 11.6. The molecule has 1 N–H and O–H groups in total. The number of hydrogen-bond donors (Lipinski definition) is 1. The van der Waals surface area contributed by atoms with Crippen LogP contribution in [0.1, 0.15) is 23.6 Å². The number of carbonyl (C=O) groups excluding carboxylic acids is 1. The molecule has 0 aliphatic rings. The summed E-state index contributed by atoms with van der Waals surface area (Å²) in [6, 6.07) is 12.2. The van der Waals surface area contributed by atoms with Gasteiger partial charge in [0.2, 0.25) is 0 Å². The zero-order valence-corrected chi connectivity index (χ0v) is 13.5. The number of nitrogens with zero attached hydrogens (tertiary/aromatic N) is 1. The second-order valence-electron chi connectivity index (χ2n) is 5.16. The predicted molar refractivity (Wildman–Crippen MR) is 88.5 cm³/mol. The smallest absolute Gasteiger partial charge is 0.417 e. The number of aryl methyl sites for hydroxylation is 1. The fourth-order valence-corrected chi connectivity index (χ4v) is 2.04. The van der Waals surface area contributed by atoms with Crippen LogP contribution in [-0.2, 0) is 17.4 Å². The van der Waals surface area contributed by atoms with Gasteiger partial charge in [0.15, 0.2) is 6.61 Å². The molecule has 4 nitrogen and oxygen atoms in total. The zero-order valence-electron chi connectivity index (χ0n) is 13.5. The number of hydrogen-bond acceptors (Lipinski definition) is 3. The van der Waals surface area contributed by atoms with Crippen LogP contribution in [-0.4, -0.2) is 18.7 Å². The van der Waals surface area contributed by atoms with Crippen molar-refractivity contribution in [2.45, 2.75) is 19.5 Å². The van der Waals surface area contributed by atoms with Gasteiger partial charge in [-0.25, -0.2) is 5.43 Å². The maximum Gasteiger partial charge on any atom is 0.417 e. The van der Waals surface area contributed by atoms with Gasteiger partial charge in [0.1, 0.15) is 5.75 Å². The summed E-state index contributed by atoms with van der Waals surface area (Å²) in [6.45, 7) is 1.74. The molecule has 0 spiro atoms. The van der Waals surface area contributed by atoms with Gasteiger partial charge >= 0.3 is 6.18 Å². The van der Waals surface area contributed by atoms with Crippen molar-refractivity contribution in [1.29, 1.82) is 0 Å². The van der Waals surface area contributed by atoms with Crippen LogP contribution in [0.15, 0.2) is 53.6 Å². The molecule has 0 saturated carbocycles. The van der Waals surface area contributed by atoms with Gasteiger partial charge in [-0.1, -0.05) is 37.3 Å². The van der Waals surface area contributed by atoms with Crippen molar-refractivity contribution >= 4 is 12.1 Å². The molecule has 2 rings (SSSR count). The van der Waals surface area contributed by atoms with Crippen LogP contribution < -0.4 is 10.2 Å². The lowest BCUT2D eigenvalue weighted by atomic mass is 10.1. The van der Waals surface area contributed by atoms with Gasteiger partial charge < -0.3 is 4.74 Å². The molecule has 0 saturated heterocycles. The quantitative estimate of drug-likeness (QED) is 0.636. The Morgan fingerprint density at radius 3 is 2.48 bits per heavy atom. The topological polar surface area (TPSA) is 50.7 Å². The van der Waals surface area contributed by atoms with Gasteiger partial charge in [0.25, 0.3) is 5.91 Å². The third-order valence-electron chi connectivity index (χ3n) is 3.36. The van der Waals surface area contributed by atoms with Crippen LogP contribution in [0.25, 0.3) is 0 Å². The SMILES string of the molecule is CCc1ccc(OCC(=O)NN=Cc2ccccc2C(F)(F)F)cc1. The van der Waals surface area contributed by atoms with Crippen molar-refractivity contribution in [2.24, 2.45) is 5.10 Å². The first-order valence-corrected chi connectivity index (χ1v) is 7.60. The van der Waals surface area contributed by atoms with Crippen LogP contribution in [0, 0.1) is 0 Å². The largest absolute Gasteiger partial charge is 0.484 e. The Labute approximate surface area is 143 Å². The second-order valence-corrected chi connectivity index (χ2v) is 5.16. The van der Waals surface area contributed by atoms with Crippen molar-refractivity contribution in [3.05, 3.63) is 65.2 Å². The maximum atomic E-state index is 12.8. The summed E-state index contributed by atoms with van der Waals surface area (Å²) >= 11 is 0. The normalized spacial score (nSPS) is 11.5. The lowest BCUT2D eigenvalue weighted by Crippen LogP contribution is -2.24. The summed E-state index contributed by atoms with van der Waals surface area (Å²) < 4.78 is 43.8. The van der Waals surface area contributed by atoms with Crippen molar-refractivity contribution in [2.75, 3.05) is 6.61 Å². The van der Waals surface area contributed by atoms with Crippen molar-refractivity contribution in [3.63, 3.8) is 0 Å². The van der Waals surface area contributed by atoms with Crippen LogP contribution >= 0.6 is 0 Å². The average molecular weight is 350 g/mol. The highest BCUT2D eigenvalue weighted by Crippen LogP contribution is 2.30. The Kier molecular flexibility index (Phi) is 6.16. The summed E-state index contributed by atoms with van der Waals surface area (Å²) in [7, 11) is 0. The van der Waals surface area contributed by atoms with Crippen molar-refractivity contribution < 1.29 is 22.7 Å². The standard InChI is InChI=1S/C18H17F3N2O2/c1-2-13-7-9-15(10-8-13)25-12-17(24)23-22-11-14-5-3-4-6-16(14)18(19,20)21/h3-11H,2,12H2,1H3,(H,23,24). The van der Waals surface area contributed by atoms with Gasteiger partial charge in [-0.3, -0.25) is 4.79 Å². The lowest BCUT2D eigenvalue weighted by molar-refractivity contribution is -0.137. The van der Waals surface area contributed by atoms with E-state index in [1.807, 2.05) is 19.1 Å². The number of nitrogens with one attached hydrogen (secondary N) is 1. The molecule has 25 heavy (non-hydrogen) atoms. The number of rotatable bonds is 6. The van der Waals surface area contributed by atoms with Crippen molar-refractivity contribution in [1.82, 2.24) is 5.43 Å². The van der Waals surface area contributed by atoms with E-state index in [-0.39, 0.29) is 12.2 Å². The molecule has 0 aliphatic heterocycles. The van der Waals surface area contributed by atoms with Gasteiger partial charge in [-0.2, -0.15) is 18.3 Å². The highest BCUT2D eigenvalue weighted by atomic mass is 19.4. The monoisotopic (exact) mass is 350 g/mol. The van der Waals surface area contributed by atoms with E-state index < -0.39 is 17.6 Å². The van der Waals surface area contributed by atoms with Crippen LogP contribution in [0.3, 0.4) is 0 Å². The minimum absolute atomic E-state index is 0.133. The maximum absolute atomic E-state index is 12.8. The molecule has 2 aromatic rings. The van der Waals surface area contributed by atoms with E-state index in [4.69, 9.17) is 4.74 Å². The highest BCUT2D eigenvalue weighted by molar-refractivity contribution is 5.84. The van der Waals surface area contributed by atoms with Crippen LogP contribution in [0.2, 0.25) is 0 Å². The molecule has 2 aromatic carbocycles. The second kappa shape index (κ2) is 8.32. The van der Waals surface area contributed by atoms with Gasteiger partial charge in [0, 0.05) is 5.56 Å². The number of benzene rings is 2. The number of amides is 1. The van der Waals surface area contributed by atoms with E-state index in [1.54, 1.807) is 12.1 Å². The van der Waals surface area contributed by atoms with Gasteiger partial charge in [-0.05, 0) is 30.2 Å². The number of hydrazone groups is 1.